The minimum Gasteiger partial charge on any atom is -0.491 e. The Morgan fingerprint density at radius 2 is 2.06 bits per heavy atom. The average Bonchev–Trinajstić information content (AvgIpc) is 3.23. The Kier molecular flexibility index (Phi) is 5.90. The van der Waals surface area contributed by atoms with E-state index in [1.807, 2.05) is 0 Å². The highest BCUT2D eigenvalue weighted by Gasteiger charge is 2.43. The first-order valence-corrected chi connectivity index (χ1v) is 9.91. The van der Waals surface area contributed by atoms with Crippen LogP contribution in [-0.2, 0) is 16.9 Å². The van der Waals surface area contributed by atoms with E-state index in [0.29, 0.717) is 5.75 Å². The summed E-state index contributed by atoms with van der Waals surface area (Å²) in [5, 5.41) is 11.9. The number of halogens is 4. The summed E-state index contributed by atoms with van der Waals surface area (Å²) in [6.07, 6.45) is -0.847. The Hall–Kier alpha value is -4.09. The fourth-order valence-corrected chi connectivity index (χ4v) is 3.82. The van der Waals surface area contributed by atoms with Crippen LogP contribution in [0.2, 0.25) is 0 Å². The van der Waals surface area contributed by atoms with Crippen LogP contribution in [0, 0.1) is 5.82 Å². The highest BCUT2D eigenvalue weighted by atomic mass is 19.4. The molecule has 1 aliphatic heterocycles. The molecule has 178 valence electrons. The Labute approximate surface area is 189 Å². The fourth-order valence-electron chi connectivity index (χ4n) is 3.82. The van der Waals surface area contributed by atoms with E-state index in [2.05, 4.69) is 15.0 Å². The molecule has 0 spiro atoms. The number of aromatic carboxylic acids is 1. The van der Waals surface area contributed by atoms with E-state index >= 15 is 0 Å². The second kappa shape index (κ2) is 8.69. The minimum atomic E-state index is -5.08. The average molecular weight is 479 g/mol. The lowest BCUT2D eigenvalue weighted by molar-refractivity contribution is -0.275. The van der Waals surface area contributed by atoms with Gasteiger partial charge in [0.05, 0.1) is 12.2 Å². The standard InChI is InChI=1S/C22H17F4N3O5/c23-15-10-14(3-4-16(15)34-22(24,25)26)21(6-9-33-17-2-1-7-27-19(17)21)28-18(30)12-29-8-5-13(11-29)20(31)32/h1-5,7-8,10-11H,6,9,12H2,(H,28,30)(H,31,32). The molecule has 3 heterocycles. The normalized spacial score (nSPS) is 17.4. The van der Waals surface area contributed by atoms with Crippen molar-refractivity contribution in [2.45, 2.75) is 24.9 Å². The first kappa shape index (κ1) is 23.1. The van der Waals surface area contributed by atoms with E-state index in [1.54, 1.807) is 12.1 Å². The highest BCUT2D eigenvalue weighted by molar-refractivity contribution is 5.87. The lowest BCUT2D eigenvalue weighted by atomic mass is 9.81. The number of ether oxygens (including phenoxy) is 2. The number of alkyl halides is 3. The second-order valence-corrected chi connectivity index (χ2v) is 7.47. The van der Waals surface area contributed by atoms with Crippen molar-refractivity contribution < 1.29 is 41.7 Å². The van der Waals surface area contributed by atoms with Crippen molar-refractivity contribution in [1.29, 1.82) is 0 Å². The second-order valence-electron chi connectivity index (χ2n) is 7.47. The molecule has 1 amide bonds. The number of amides is 1. The lowest BCUT2D eigenvalue weighted by Gasteiger charge is -2.39. The molecule has 34 heavy (non-hydrogen) atoms. The summed E-state index contributed by atoms with van der Waals surface area (Å²) in [4.78, 5) is 28.3. The number of carboxylic acid groups (broad SMARTS) is 1. The predicted octanol–water partition coefficient (Wildman–Crippen LogP) is 3.46. The molecule has 0 radical (unpaired) electrons. The SMILES string of the molecule is O=C(Cn1ccc(C(=O)O)c1)NC1(c2ccc(OC(F)(F)F)c(F)c2)CCOc2cccnc21. The molecule has 2 N–H and O–H groups in total. The molecule has 1 aromatic carbocycles. The number of rotatable bonds is 6. The van der Waals surface area contributed by atoms with Crippen molar-refractivity contribution in [3.8, 4) is 11.5 Å². The molecule has 8 nitrogen and oxygen atoms in total. The van der Waals surface area contributed by atoms with Gasteiger partial charge >= 0.3 is 12.3 Å². The van der Waals surface area contributed by atoms with Crippen LogP contribution in [0.1, 0.15) is 28.0 Å². The number of nitrogens with one attached hydrogen (secondary N) is 1. The molecule has 1 unspecified atom stereocenters. The summed E-state index contributed by atoms with van der Waals surface area (Å²) >= 11 is 0. The van der Waals surface area contributed by atoms with Gasteiger partial charge in [-0.3, -0.25) is 9.78 Å². The predicted molar refractivity (Wildman–Crippen MR) is 108 cm³/mol. The van der Waals surface area contributed by atoms with Gasteiger partial charge in [-0.2, -0.15) is 0 Å². The van der Waals surface area contributed by atoms with E-state index in [1.165, 1.54) is 35.3 Å². The summed E-state index contributed by atoms with van der Waals surface area (Å²) in [6, 6.07) is 7.42. The molecular weight excluding hydrogens is 462 g/mol. The first-order chi connectivity index (χ1) is 16.1. The van der Waals surface area contributed by atoms with Crippen LogP contribution in [0.25, 0.3) is 0 Å². The molecule has 3 aromatic rings. The van der Waals surface area contributed by atoms with Gasteiger partial charge in [-0.1, -0.05) is 6.07 Å². The molecule has 1 atom stereocenters. The molecule has 4 rings (SSSR count). The maximum atomic E-state index is 14.6. The van der Waals surface area contributed by atoms with E-state index in [-0.39, 0.29) is 36.4 Å². The van der Waals surface area contributed by atoms with Crippen LogP contribution in [-0.4, -0.2) is 39.5 Å². The Morgan fingerprint density at radius 3 is 2.74 bits per heavy atom. The van der Waals surface area contributed by atoms with E-state index in [4.69, 9.17) is 9.84 Å². The summed E-state index contributed by atoms with van der Waals surface area (Å²) in [6.45, 7) is -0.163. The van der Waals surface area contributed by atoms with Gasteiger partial charge in [0.1, 0.15) is 23.5 Å². The van der Waals surface area contributed by atoms with Crippen molar-refractivity contribution in [3.05, 3.63) is 77.6 Å². The fraction of sp³-hybridized carbons (Fsp3) is 0.227. The number of aromatic nitrogens is 2. The molecule has 12 heteroatoms. The third kappa shape index (κ3) is 4.65. The van der Waals surface area contributed by atoms with Crippen molar-refractivity contribution in [3.63, 3.8) is 0 Å². The highest BCUT2D eigenvalue weighted by Crippen LogP contribution is 2.41. The summed E-state index contributed by atoms with van der Waals surface area (Å²) in [5.41, 5.74) is -1.05. The number of benzene rings is 1. The Balaban J connectivity index is 1.71. The molecular formula is C22H17F4N3O5. The molecule has 2 aromatic heterocycles. The maximum absolute atomic E-state index is 14.6. The number of fused-ring (bicyclic) bond motifs is 1. The number of nitrogens with zero attached hydrogens (tertiary/aromatic N) is 2. The van der Waals surface area contributed by atoms with Gasteiger partial charge < -0.3 is 24.5 Å². The molecule has 0 aliphatic carbocycles. The van der Waals surface area contributed by atoms with E-state index in [9.17, 15) is 27.2 Å². The number of carboxylic acids is 1. The van der Waals surface area contributed by atoms with Crippen LogP contribution in [0.5, 0.6) is 11.5 Å². The monoisotopic (exact) mass is 479 g/mol. The van der Waals surface area contributed by atoms with E-state index < -0.39 is 35.3 Å². The van der Waals surface area contributed by atoms with Crippen LogP contribution in [0.4, 0.5) is 17.6 Å². The lowest BCUT2D eigenvalue weighted by Crippen LogP contribution is -2.51. The zero-order chi connectivity index (χ0) is 24.5. The minimum absolute atomic E-state index is 0.0112. The number of hydrogen-bond acceptors (Lipinski definition) is 5. The Morgan fingerprint density at radius 1 is 1.26 bits per heavy atom. The van der Waals surface area contributed by atoms with Gasteiger partial charge in [0.2, 0.25) is 5.91 Å². The maximum Gasteiger partial charge on any atom is 0.573 e. The molecule has 1 aliphatic rings. The van der Waals surface area contributed by atoms with Crippen LogP contribution in [0.3, 0.4) is 0 Å². The molecule has 0 fully saturated rings. The van der Waals surface area contributed by atoms with Crippen molar-refractivity contribution in [1.82, 2.24) is 14.9 Å². The molecule has 0 saturated heterocycles. The van der Waals surface area contributed by atoms with Crippen molar-refractivity contribution >= 4 is 11.9 Å². The van der Waals surface area contributed by atoms with Crippen LogP contribution < -0.4 is 14.8 Å². The largest absolute Gasteiger partial charge is 0.573 e. The van der Waals surface area contributed by atoms with Gasteiger partial charge in [0.15, 0.2) is 11.6 Å². The van der Waals surface area contributed by atoms with Crippen LogP contribution >= 0.6 is 0 Å². The summed E-state index contributed by atoms with van der Waals surface area (Å²) in [7, 11) is 0. The van der Waals surface area contributed by atoms with E-state index in [0.717, 1.165) is 12.1 Å². The summed E-state index contributed by atoms with van der Waals surface area (Å²) < 4.78 is 63.0. The number of hydrogen-bond donors (Lipinski definition) is 2. The third-order valence-corrected chi connectivity index (χ3v) is 5.24. The quantitative estimate of drug-likeness (QED) is 0.525. The molecule has 0 bridgehead atoms. The zero-order valence-corrected chi connectivity index (χ0v) is 17.3. The topological polar surface area (TPSA) is 103 Å². The first-order valence-electron chi connectivity index (χ1n) is 9.91. The van der Waals surface area contributed by atoms with Crippen molar-refractivity contribution in [2.24, 2.45) is 0 Å². The number of pyridine rings is 1. The third-order valence-electron chi connectivity index (χ3n) is 5.24. The van der Waals surface area contributed by atoms with Crippen LogP contribution in [0.15, 0.2) is 55.0 Å². The van der Waals surface area contributed by atoms with Crippen molar-refractivity contribution in [2.75, 3.05) is 6.61 Å². The molecule has 0 saturated carbocycles. The smallest absolute Gasteiger partial charge is 0.491 e. The van der Waals surface area contributed by atoms with Gasteiger partial charge in [0, 0.05) is 25.0 Å². The number of carbonyl (C=O) groups is 2. The number of carbonyl (C=O) groups excluding carboxylic acids is 1. The van der Waals surface area contributed by atoms with Gasteiger partial charge in [-0.25, -0.2) is 9.18 Å². The Bertz CT molecular complexity index is 1240. The zero-order valence-electron chi connectivity index (χ0n) is 17.3. The van der Waals surface area contributed by atoms with Gasteiger partial charge in [0.25, 0.3) is 0 Å². The summed E-state index contributed by atoms with van der Waals surface area (Å²) in [5.74, 6) is -3.69. The van der Waals surface area contributed by atoms with Gasteiger partial charge in [-0.05, 0) is 35.9 Å². The van der Waals surface area contributed by atoms with Gasteiger partial charge in [-0.15, -0.1) is 13.2 Å².